The molecule has 0 saturated carbocycles. The maximum Gasteiger partial charge on any atom is 0.238 e. The molecule has 0 aliphatic carbocycles. The lowest BCUT2D eigenvalue weighted by atomic mass is 10.0. The molecule has 1 N–H and O–H groups in total. The molecule has 0 spiro atoms. The number of rotatable bonds is 6. The van der Waals surface area contributed by atoms with Gasteiger partial charge < -0.3 is 19.7 Å². The number of ether oxygens (including phenoxy) is 2. The number of anilines is 1. The third-order valence-corrected chi connectivity index (χ3v) is 7.29. The quantitative estimate of drug-likeness (QED) is 0.668. The monoisotopic (exact) mass is 492 g/mol. The van der Waals surface area contributed by atoms with Gasteiger partial charge in [0.05, 0.1) is 26.3 Å². The van der Waals surface area contributed by atoms with Crippen LogP contribution in [0.5, 0.6) is 11.5 Å². The number of likely N-dealkylation sites (tertiary alicyclic amines) is 1. The third-order valence-electron chi connectivity index (χ3n) is 7.29. The minimum Gasteiger partial charge on any atom is -0.490 e. The van der Waals surface area contributed by atoms with Gasteiger partial charge in [-0.05, 0) is 56.1 Å². The second-order valence-corrected chi connectivity index (χ2v) is 9.96. The number of nitrogens with one attached hydrogen (secondary N) is 1. The number of hydrogen-bond donors (Lipinski definition) is 1. The number of aryl methyl sites for hydroxylation is 1. The topological polar surface area (TPSA) is 74.4 Å². The fourth-order valence-corrected chi connectivity index (χ4v) is 5.25. The van der Waals surface area contributed by atoms with E-state index in [1.807, 2.05) is 42.2 Å². The van der Waals surface area contributed by atoms with Crippen molar-refractivity contribution in [3.05, 3.63) is 53.6 Å². The average Bonchev–Trinajstić information content (AvgIpc) is 3.21. The summed E-state index contributed by atoms with van der Waals surface area (Å²) in [4.78, 5) is 31.9. The van der Waals surface area contributed by atoms with Gasteiger partial charge in [-0.1, -0.05) is 23.8 Å². The lowest BCUT2D eigenvalue weighted by molar-refractivity contribution is -0.134. The predicted octanol–water partition coefficient (Wildman–Crippen LogP) is 3.08. The largest absolute Gasteiger partial charge is 0.490 e. The van der Waals surface area contributed by atoms with Crippen molar-refractivity contribution in [3.63, 3.8) is 0 Å². The zero-order valence-electron chi connectivity index (χ0n) is 21.1. The highest BCUT2D eigenvalue weighted by atomic mass is 16.5. The lowest BCUT2D eigenvalue weighted by Crippen LogP contribution is -2.52. The maximum absolute atomic E-state index is 13.1. The van der Waals surface area contributed by atoms with Gasteiger partial charge in [0.2, 0.25) is 11.8 Å². The molecule has 36 heavy (non-hydrogen) atoms. The number of amides is 2. The van der Waals surface area contributed by atoms with Gasteiger partial charge in [0, 0.05) is 44.3 Å². The SMILES string of the molecule is Cc1ccc(NC(=O)CN2CCN(C(=O)CN3CCC[C@H]3c3ccc4c(c3)OCCCO4)CC2)cc1. The van der Waals surface area contributed by atoms with Crippen LogP contribution >= 0.6 is 0 Å². The van der Waals surface area contributed by atoms with Crippen molar-refractivity contribution >= 4 is 17.5 Å². The van der Waals surface area contributed by atoms with E-state index in [2.05, 4.69) is 27.2 Å². The van der Waals surface area contributed by atoms with E-state index in [-0.39, 0.29) is 17.9 Å². The zero-order valence-corrected chi connectivity index (χ0v) is 21.1. The van der Waals surface area contributed by atoms with Crippen LogP contribution in [0.2, 0.25) is 0 Å². The maximum atomic E-state index is 13.1. The molecule has 2 fully saturated rings. The summed E-state index contributed by atoms with van der Waals surface area (Å²) in [7, 11) is 0. The molecule has 0 bridgehead atoms. The van der Waals surface area contributed by atoms with Crippen LogP contribution in [0.25, 0.3) is 0 Å². The Morgan fingerprint density at radius 2 is 1.64 bits per heavy atom. The molecule has 5 rings (SSSR count). The van der Waals surface area contributed by atoms with Crippen LogP contribution in [0.3, 0.4) is 0 Å². The van der Waals surface area contributed by atoms with Crippen molar-refractivity contribution in [1.29, 1.82) is 0 Å². The summed E-state index contributed by atoms with van der Waals surface area (Å²) in [5, 5.41) is 2.96. The van der Waals surface area contributed by atoms with Crippen molar-refractivity contribution in [2.75, 3.05) is 64.3 Å². The molecule has 8 nitrogen and oxygen atoms in total. The van der Waals surface area contributed by atoms with E-state index in [0.717, 1.165) is 48.6 Å². The average molecular weight is 493 g/mol. The van der Waals surface area contributed by atoms with E-state index >= 15 is 0 Å². The Kier molecular flexibility index (Phi) is 7.72. The van der Waals surface area contributed by atoms with Crippen molar-refractivity contribution in [2.24, 2.45) is 0 Å². The van der Waals surface area contributed by atoms with E-state index in [0.29, 0.717) is 52.5 Å². The van der Waals surface area contributed by atoms with Crippen LogP contribution in [0.1, 0.15) is 36.4 Å². The first kappa shape index (κ1) is 24.6. The summed E-state index contributed by atoms with van der Waals surface area (Å²) in [6.07, 6.45) is 3.01. The highest BCUT2D eigenvalue weighted by Crippen LogP contribution is 2.37. The summed E-state index contributed by atoms with van der Waals surface area (Å²) in [6, 6.07) is 14.2. The highest BCUT2D eigenvalue weighted by Gasteiger charge is 2.31. The molecule has 3 heterocycles. The number of carbonyl (C=O) groups is 2. The molecule has 3 aliphatic heterocycles. The number of nitrogens with zero attached hydrogens (tertiary/aromatic N) is 3. The van der Waals surface area contributed by atoms with Gasteiger partial charge in [-0.2, -0.15) is 0 Å². The number of piperazine rings is 1. The van der Waals surface area contributed by atoms with Crippen LogP contribution in [-0.2, 0) is 9.59 Å². The summed E-state index contributed by atoms with van der Waals surface area (Å²) in [6.45, 7) is 7.78. The van der Waals surface area contributed by atoms with Gasteiger partial charge in [0.25, 0.3) is 0 Å². The smallest absolute Gasteiger partial charge is 0.238 e. The minimum absolute atomic E-state index is 0.0197. The molecular formula is C28H36N4O4. The third kappa shape index (κ3) is 5.99. The molecule has 2 aromatic rings. The normalized spacial score (nSPS) is 20.7. The van der Waals surface area contributed by atoms with Crippen molar-refractivity contribution < 1.29 is 19.1 Å². The van der Waals surface area contributed by atoms with Crippen LogP contribution in [-0.4, -0.2) is 85.5 Å². The van der Waals surface area contributed by atoms with Crippen molar-refractivity contribution in [2.45, 2.75) is 32.2 Å². The predicted molar refractivity (Wildman–Crippen MR) is 138 cm³/mol. The molecule has 1 atom stereocenters. The van der Waals surface area contributed by atoms with E-state index in [4.69, 9.17) is 9.47 Å². The van der Waals surface area contributed by atoms with Crippen LogP contribution in [0.15, 0.2) is 42.5 Å². The number of carbonyl (C=O) groups excluding carboxylic acids is 2. The highest BCUT2D eigenvalue weighted by molar-refractivity contribution is 5.92. The Morgan fingerprint density at radius 1 is 0.889 bits per heavy atom. The number of fused-ring (bicyclic) bond motifs is 1. The fourth-order valence-electron chi connectivity index (χ4n) is 5.25. The summed E-state index contributed by atoms with van der Waals surface area (Å²) in [5.74, 6) is 1.77. The number of hydrogen-bond acceptors (Lipinski definition) is 6. The molecule has 0 aromatic heterocycles. The van der Waals surface area contributed by atoms with Crippen molar-refractivity contribution in [1.82, 2.24) is 14.7 Å². The summed E-state index contributed by atoms with van der Waals surface area (Å²) < 4.78 is 11.7. The molecule has 0 radical (unpaired) electrons. The molecule has 3 aliphatic rings. The molecule has 2 amide bonds. The summed E-state index contributed by atoms with van der Waals surface area (Å²) >= 11 is 0. The Labute approximate surface area is 213 Å². The lowest BCUT2D eigenvalue weighted by Gasteiger charge is -2.35. The fraction of sp³-hybridized carbons (Fsp3) is 0.500. The van der Waals surface area contributed by atoms with Gasteiger partial charge in [-0.3, -0.25) is 19.4 Å². The van der Waals surface area contributed by atoms with Gasteiger partial charge in [0.15, 0.2) is 11.5 Å². The Morgan fingerprint density at radius 3 is 2.42 bits per heavy atom. The Balaban J connectivity index is 1.10. The molecular weight excluding hydrogens is 456 g/mol. The molecule has 8 heteroatoms. The minimum atomic E-state index is -0.0197. The van der Waals surface area contributed by atoms with Crippen LogP contribution < -0.4 is 14.8 Å². The van der Waals surface area contributed by atoms with Crippen LogP contribution in [0.4, 0.5) is 5.69 Å². The molecule has 0 unspecified atom stereocenters. The first-order valence-corrected chi connectivity index (χ1v) is 13.1. The van der Waals surface area contributed by atoms with Gasteiger partial charge >= 0.3 is 0 Å². The second-order valence-electron chi connectivity index (χ2n) is 9.96. The molecule has 192 valence electrons. The van der Waals surface area contributed by atoms with Gasteiger partial charge in [-0.25, -0.2) is 0 Å². The molecule has 2 saturated heterocycles. The first-order chi connectivity index (χ1) is 17.5. The Hall–Kier alpha value is -3.10. The number of benzene rings is 2. The van der Waals surface area contributed by atoms with Gasteiger partial charge in [-0.15, -0.1) is 0 Å². The summed E-state index contributed by atoms with van der Waals surface area (Å²) in [5.41, 5.74) is 3.16. The standard InChI is InChI=1S/C28H36N4O4/c1-21-5-8-23(9-6-21)29-27(33)19-30-12-14-31(15-13-30)28(34)20-32-11-2-4-24(32)22-7-10-25-26(18-22)36-17-3-16-35-25/h5-10,18,24H,2-4,11-17,19-20H2,1H3,(H,29,33)/t24-/m0/s1. The molecule has 2 aromatic carbocycles. The van der Waals surface area contributed by atoms with E-state index in [1.54, 1.807) is 0 Å². The second kappa shape index (κ2) is 11.3. The van der Waals surface area contributed by atoms with Gasteiger partial charge in [0.1, 0.15) is 0 Å². The zero-order chi connectivity index (χ0) is 24.9. The Bertz CT molecular complexity index is 1070. The van der Waals surface area contributed by atoms with Crippen molar-refractivity contribution in [3.8, 4) is 11.5 Å². The van der Waals surface area contributed by atoms with Crippen LogP contribution in [0, 0.1) is 6.92 Å². The van der Waals surface area contributed by atoms with E-state index in [1.165, 1.54) is 5.56 Å². The van der Waals surface area contributed by atoms with E-state index < -0.39 is 0 Å². The first-order valence-electron chi connectivity index (χ1n) is 13.1. The van der Waals surface area contributed by atoms with E-state index in [9.17, 15) is 9.59 Å².